The summed E-state index contributed by atoms with van der Waals surface area (Å²) in [6, 6.07) is 37.8. The fourth-order valence-electron chi connectivity index (χ4n) is 7.97. The van der Waals surface area contributed by atoms with Crippen molar-refractivity contribution in [3.63, 3.8) is 0 Å². The standard InChI is InChI=1S/C39H37N3O4/c1-37(2,26-42(46)25-28-14-12-13-21-33(28)35(42)43)22-32-23-38(32,36(44)45)34-24-41(27-40-34)39(29-15-6-3-7-16-29,30-17-8-4-9-18-30)31-19-10-5-11-20-31/h3-21,24,27,32H,22-23,25-26H2,1-2H3,(H,44,45)/t32-,38+,42?/m0/s1. The van der Waals surface area contributed by atoms with Gasteiger partial charge in [-0.3, -0.25) is 9.44 Å². The second-order valence-electron chi connectivity index (χ2n) is 13.7. The summed E-state index contributed by atoms with van der Waals surface area (Å²) in [4.78, 5) is 31.1. The van der Waals surface area contributed by atoms with Crippen molar-refractivity contribution in [2.75, 3.05) is 6.54 Å². The van der Waals surface area contributed by atoms with E-state index in [9.17, 15) is 19.9 Å². The molecule has 7 rings (SSSR count). The van der Waals surface area contributed by atoms with Crippen LogP contribution >= 0.6 is 0 Å². The third-order valence-corrected chi connectivity index (χ3v) is 10.0. The molecule has 1 saturated carbocycles. The molecular weight excluding hydrogens is 574 g/mol. The van der Waals surface area contributed by atoms with Crippen LogP contribution < -0.4 is 0 Å². The van der Waals surface area contributed by atoms with Gasteiger partial charge in [0.05, 0.1) is 24.1 Å². The molecule has 5 aromatic rings. The number of fused-ring (bicyclic) bond motifs is 1. The zero-order valence-corrected chi connectivity index (χ0v) is 26.0. The second-order valence-corrected chi connectivity index (χ2v) is 13.7. The molecular formula is C39H37N3O4. The number of benzene rings is 4. The first-order chi connectivity index (χ1) is 22.1. The minimum atomic E-state index is -1.18. The van der Waals surface area contributed by atoms with Crippen molar-refractivity contribution in [1.82, 2.24) is 9.55 Å². The monoisotopic (exact) mass is 611 g/mol. The second kappa shape index (κ2) is 10.9. The Kier molecular flexibility index (Phi) is 7.07. The lowest BCUT2D eigenvalue weighted by Crippen LogP contribution is -2.48. The Morgan fingerprint density at radius 3 is 1.93 bits per heavy atom. The highest BCUT2D eigenvalue weighted by atomic mass is 16.6. The summed E-state index contributed by atoms with van der Waals surface area (Å²) in [6.07, 6.45) is 4.56. The van der Waals surface area contributed by atoms with E-state index in [-0.39, 0.29) is 19.0 Å². The summed E-state index contributed by atoms with van der Waals surface area (Å²) in [5.74, 6) is -1.56. The quantitative estimate of drug-likeness (QED) is 0.103. The molecule has 3 atom stereocenters. The van der Waals surface area contributed by atoms with Gasteiger partial charge in [-0.2, -0.15) is 0 Å². The summed E-state index contributed by atoms with van der Waals surface area (Å²) < 4.78 is 1.10. The number of rotatable bonds is 10. The smallest absolute Gasteiger partial charge is 0.346 e. The number of carboxylic acids is 1. The summed E-state index contributed by atoms with van der Waals surface area (Å²) in [6.45, 7) is 4.13. The molecule has 1 amide bonds. The summed E-state index contributed by atoms with van der Waals surface area (Å²) in [5, 5.41) is 24.6. The lowest BCUT2D eigenvalue weighted by atomic mass is 9.76. The largest absolute Gasteiger partial charge is 0.625 e. The molecule has 7 nitrogen and oxygen atoms in total. The molecule has 1 aliphatic heterocycles. The molecule has 1 N–H and O–H groups in total. The molecule has 1 aromatic heterocycles. The van der Waals surface area contributed by atoms with Crippen LogP contribution in [-0.4, -0.2) is 37.7 Å². The van der Waals surface area contributed by atoms with Gasteiger partial charge in [0.2, 0.25) is 0 Å². The number of quaternary nitrogens is 1. The van der Waals surface area contributed by atoms with Gasteiger partial charge in [-0.15, -0.1) is 0 Å². The van der Waals surface area contributed by atoms with Crippen molar-refractivity contribution >= 4 is 11.9 Å². The number of carboxylic acid groups (broad SMARTS) is 1. The minimum absolute atomic E-state index is 0.0836. The molecule has 0 saturated heterocycles. The first-order valence-corrected chi connectivity index (χ1v) is 15.8. The van der Waals surface area contributed by atoms with Gasteiger partial charge in [-0.25, -0.2) is 9.78 Å². The molecule has 0 radical (unpaired) electrons. The minimum Gasteiger partial charge on any atom is -0.625 e. The van der Waals surface area contributed by atoms with Crippen molar-refractivity contribution < 1.29 is 19.3 Å². The van der Waals surface area contributed by atoms with Crippen LogP contribution in [-0.2, 0) is 22.3 Å². The van der Waals surface area contributed by atoms with Crippen molar-refractivity contribution in [1.29, 1.82) is 0 Å². The van der Waals surface area contributed by atoms with Gasteiger partial charge in [-0.1, -0.05) is 123 Å². The van der Waals surface area contributed by atoms with Crippen molar-refractivity contribution in [2.24, 2.45) is 11.3 Å². The Hall–Kier alpha value is -4.85. The van der Waals surface area contributed by atoms with E-state index in [1.54, 1.807) is 18.5 Å². The molecule has 1 aliphatic carbocycles. The van der Waals surface area contributed by atoms with E-state index in [0.29, 0.717) is 24.1 Å². The molecule has 4 aromatic carbocycles. The van der Waals surface area contributed by atoms with E-state index in [1.807, 2.05) is 91.3 Å². The highest BCUT2D eigenvalue weighted by molar-refractivity contribution is 5.93. The maximum atomic E-state index is 13.8. The Bertz CT molecular complexity index is 1810. The van der Waals surface area contributed by atoms with Gasteiger partial charge in [-0.05, 0) is 41.5 Å². The number of hydroxylamine groups is 3. The molecule has 0 bridgehead atoms. The highest BCUT2D eigenvalue weighted by Gasteiger charge is 2.64. The van der Waals surface area contributed by atoms with Crippen LogP contribution in [0.25, 0.3) is 0 Å². The molecule has 2 heterocycles. The summed E-state index contributed by atoms with van der Waals surface area (Å²) in [7, 11) is 0. The SMILES string of the molecule is CC(C)(C[C@H]1C[C@]1(C(=O)O)c1cn(C(c2ccccc2)(c2ccccc2)c2ccccc2)cn1)C[N+]1([O-])Cc2ccccc2C1=O. The highest BCUT2D eigenvalue weighted by Crippen LogP contribution is 2.59. The predicted molar refractivity (Wildman–Crippen MR) is 176 cm³/mol. The van der Waals surface area contributed by atoms with Gasteiger partial charge in [0.15, 0.2) is 0 Å². The molecule has 2 aliphatic rings. The number of carbonyl (C=O) groups excluding carboxylic acids is 1. The van der Waals surface area contributed by atoms with E-state index < -0.39 is 32.9 Å². The molecule has 232 valence electrons. The van der Waals surface area contributed by atoms with Gasteiger partial charge >= 0.3 is 11.9 Å². The maximum Gasteiger partial charge on any atom is 0.346 e. The molecule has 1 unspecified atom stereocenters. The number of imidazole rings is 1. The van der Waals surface area contributed by atoms with Crippen LogP contribution in [0.5, 0.6) is 0 Å². The Labute approximate surface area is 269 Å². The molecule has 0 spiro atoms. The van der Waals surface area contributed by atoms with Crippen molar-refractivity contribution in [2.45, 2.75) is 44.2 Å². The lowest BCUT2D eigenvalue weighted by molar-refractivity contribution is -0.815. The molecule has 1 fully saturated rings. The normalized spacial score (nSPS) is 22.4. The van der Waals surface area contributed by atoms with Crippen LogP contribution in [0.3, 0.4) is 0 Å². The predicted octanol–water partition coefficient (Wildman–Crippen LogP) is 7.15. The number of hydrogen-bond acceptors (Lipinski definition) is 4. The molecule has 7 heteroatoms. The fourth-order valence-corrected chi connectivity index (χ4v) is 7.97. The van der Waals surface area contributed by atoms with E-state index in [2.05, 4.69) is 36.4 Å². The number of nitrogens with zero attached hydrogens (tertiary/aromatic N) is 3. The maximum absolute atomic E-state index is 13.8. The van der Waals surface area contributed by atoms with Crippen LogP contribution in [0.4, 0.5) is 0 Å². The van der Waals surface area contributed by atoms with Crippen LogP contribution in [0.1, 0.15) is 65.0 Å². The number of amides is 1. The van der Waals surface area contributed by atoms with Crippen molar-refractivity contribution in [3.05, 3.63) is 167 Å². The van der Waals surface area contributed by atoms with Crippen LogP contribution in [0.2, 0.25) is 0 Å². The van der Waals surface area contributed by atoms with Crippen molar-refractivity contribution in [3.8, 4) is 0 Å². The fraction of sp³-hybridized carbons (Fsp3) is 0.256. The zero-order chi connectivity index (χ0) is 32.2. The van der Waals surface area contributed by atoms with Gasteiger partial charge in [0.1, 0.15) is 17.5 Å². The number of carbonyl (C=O) groups is 2. The average Bonchev–Trinajstić information content (AvgIpc) is 3.43. The van der Waals surface area contributed by atoms with E-state index in [1.165, 1.54) is 0 Å². The van der Waals surface area contributed by atoms with E-state index in [0.717, 1.165) is 22.3 Å². The Balaban J connectivity index is 1.24. The number of aromatic nitrogens is 2. The van der Waals surface area contributed by atoms with E-state index in [4.69, 9.17) is 4.98 Å². The Morgan fingerprint density at radius 2 is 1.41 bits per heavy atom. The summed E-state index contributed by atoms with van der Waals surface area (Å²) >= 11 is 0. The zero-order valence-electron chi connectivity index (χ0n) is 26.0. The van der Waals surface area contributed by atoms with Gasteiger partial charge < -0.3 is 14.9 Å². The third kappa shape index (κ3) is 4.70. The lowest BCUT2D eigenvalue weighted by Gasteiger charge is -2.41. The van der Waals surface area contributed by atoms with Crippen LogP contribution in [0.15, 0.2) is 128 Å². The number of hydrogen-bond donors (Lipinski definition) is 1. The van der Waals surface area contributed by atoms with Gasteiger partial charge in [0, 0.05) is 17.2 Å². The van der Waals surface area contributed by atoms with E-state index >= 15 is 0 Å². The van der Waals surface area contributed by atoms with Gasteiger partial charge in [0.25, 0.3) is 0 Å². The Morgan fingerprint density at radius 1 is 0.891 bits per heavy atom. The first-order valence-electron chi connectivity index (χ1n) is 15.8. The molecule has 46 heavy (non-hydrogen) atoms. The first kappa shape index (κ1) is 29.8. The number of aliphatic carboxylic acids is 1. The summed E-state index contributed by atoms with van der Waals surface area (Å²) in [5.41, 5.74) is 2.28. The topological polar surface area (TPSA) is 95.2 Å². The third-order valence-electron chi connectivity index (χ3n) is 10.0. The van der Waals surface area contributed by atoms with Crippen LogP contribution in [0, 0.1) is 16.5 Å². The average molecular weight is 612 g/mol.